The van der Waals surface area contributed by atoms with Crippen LogP contribution in [0.25, 0.3) is 28.1 Å². The van der Waals surface area contributed by atoms with Gasteiger partial charge in [0.25, 0.3) is 12.9 Å². The number of carbonyl (C=O) groups is 1. The van der Waals surface area contributed by atoms with Crippen LogP contribution in [-0.2, 0) is 4.74 Å². The molecule has 1 fully saturated rings. The maximum Gasteiger partial charge on any atom is 0.297 e. The molecule has 1 aliphatic rings. The molecular formula is C23H18Cl2F4N6O2. The normalized spacial score (nSPS) is 12.8. The Morgan fingerprint density at radius 1 is 0.811 bits per heavy atom. The summed E-state index contributed by atoms with van der Waals surface area (Å²) in [5.74, 6) is -1.28. The van der Waals surface area contributed by atoms with Crippen molar-refractivity contribution in [1.29, 1.82) is 0 Å². The molecule has 37 heavy (non-hydrogen) atoms. The fourth-order valence-electron chi connectivity index (χ4n) is 2.91. The van der Waals surface area contributed by atoms with Crippen LogP contribution < -0.4 is 0 Å². The number of aldehydes is 1. The minimum Gasteiger partial charge on any atom is -0.381 e. The summed E-state index contributed by atoms with van der Waals surface area (Å²) in [6.45, 7) is 5.55. The molecule has 0 radical (unpaired) electrons. The summed E-state index contributed by atoms with van der Waals surface area (Å²) in [5, 5.41) is -0.228. The van der Waals surface area contributed by atoms with E-state index in [0.29, 0.717) is 17.4 Å². The molecule has 0 unspecified atom stereocenters. The number of aromatic nitrogens is 6. The van der Waals surface area contributed by atoms with Gasteiger partial charge in [0.15, 0.2) is 28.2 Å². The molecule has 0 spiro atoms. The maximum absolute atomic E-state index is 12.4. The molecule has 4 aromatic heterocycles. The highest BCUT2D eigenvalue weighted by Crippen LogP contribution is 2.24. The van der Waals surface area contributed by atoms with Crippen LogP contribution in [0, 0.1) is 0 Å². The van der Waals surface area contributed by atoms with E-state index >= 15 is 0 Å². The largest absolute Gasteiger partial charge is 0.381 e. The smallest absolute Gasteiger partial charge is 0.297 e. The fraction of sp³-hybridized carbons (Fsp3) is 0.261. The topological polar surface area (TPSA) is 104 Å². The summed E-state index contributed by atoms with van der Waals surface area (Å²) in [4.78, 5) is 32.4. The molecule has 0 amide bonds. The molecule has 0 aliphatic carbocycles. The summed E-state index contributed by atoms with van der Waals surface area (Å²) in [5.41, 5.74) is 1.82. The van der Waals surface area contributed by atoms with Crippen LogP contribution >= 0.6 is 23.2 Å². The summed E-state index contributed by atoms with van der Waals surface area (Å²) in [6, 6.07) is 2.91. The third-order valence-corrected chi connectivity index (χ3v) is 5.18. The van der Waals surface area contributed by atoms with E-state index in [4.69, 9.17) is 27.9 Å². The van der Waals surface area contributed by atoms with Crippen LogP contribution in [0.5, 0.6) is 0 Å². The highest BCUT2D eigenvalue weighted by atomic mass is 35.5. The lowest BCUT2D eigenvalue weighted by Gasteiger charge is -2.03. The monoisotopic (exact) mass is 556 g/mol. The Bertz CT molecular complexity index is 1300. The molecule has 4 aromatic rings. The van der Waals surface area contributed by atoms with Crippen molar-refractivity contribution in [2.75, 3.05) is 13.2 Å². The predicted molar refractivity (Wildman–Crippen MR) is 130 cm³/mol. The first-order valence-corrected chi connectivity index (χ1v) is 11.4. The van der Waals surface area contributed by atoms with Gasteiger partial charge in [-0.1, -0.05) is 35.9 Å². The third kappa shape index (κ3) is 7.57. The zero-order valence-corrected chi connectivity index (χ0v) is 20.4. The Morgan fingerprint density at radius 3 is 1.65 bits per heavy atom. The average Bonchev–Trinajstić information content (AvgIpc) is 3.48. The van der Waals surface area contributed by atoms with Crippen molar-refractivity contribution in [3.63, 3.8) is 0 Å². The van der Waals surface area contributed by atoms with Crippen LogP contribution in [0.1, 0.15) is 53.3 Å². The van der Waals surface area contributed by atoms with Gasteiger partial charge in [0.1, 0.15) is 11.0 Å². The number of rotatable bonds is 4. The van der Waals surface area contributed by atoms with Crippen LogP contribution in [0.4, 0.5) is 17.6 Å². The summed E-state index contributed by atoms with van der Waals surface area (Å²) in [6.07, 6.45) is 1.87. The molecule has 1 aliphatic heterocycles. The summed E-state index contributed by atoms with van der Waals surface area (Å²) in [7, 11) is 0. The highest BCUT2D eigenvalue weighted by molar-refractivity contribution is 6.34. The minimum absolute atomic E-state index is 0.0732. The Labute approximate surface area is 217 Å². The van der Waals surface area contributed by atoms with Gasteiger partial charge in [-0.05, 0) is 30.5 Å². The summed E-state index contributed by atoms with van der Waals surface area (Å²) < 4.78 is 54.6. The standard InChI is InChI=1S/C10H6ClF2N3.C9H4ClF2N3O.C4H8O/c1-2-5-3-6-7(14-4-5)8(11)16-10(15-6)9(12)13;10-7-6-5(1-4(3-16)2-13-6)14-9(15-7)8(11)12;1-2-4-5-3-1/h2-4,9H,1H2;1-3,8H;1-4H2. The van der Waals surface area contributed by atoms with Crippen molar-refractivity contribution in [2.24, 2.45) is 0 Å². The third-order valence-electron chi connectivity index (χ3n) is 4.65. The second-order valence-electron chi connectivity index (χ2n) is 7.26. The van der Waals surface area contributed by atoms with Crippen LogP contribution in [0.15, 0.2) is 31.1 Å². The van der Waals surface area contributed by atoms with Crippen LogP contribution in [0.3, 0.4) is 0 Å². The molecular weight excluding hydrogens is 539 g/mol. The van der Waals surface area contributed by atoms with Gasteiger partial charge in [-0.2, -0.15) is 0 Å². The number of ether oxygens (including phenoxy) is 1. The van der Waals surface area contributed by atoms with E-state index in [1.165, 1.54) is 31.3 Å². The molecule has 1 saturated heterocycles. The number of pyridine rings is 2. The molecule has 0 atom stereocenters. The Balaban J connectivity index is 0.000000173. The van der Waals surface area contributed by atoms with Crippen molar-refractivity contribution in [2.45, 2.75) is 25.7 Å². The molecule has 14 heteroatoms. The number of nitrogens with zero attached hydrogens (tertiary/aromatic N) is 6. The van der Waals surface area contributed by atoms with E-state index in [1.807, 2.05) is 0 Å². The van der Waals surface area contributed by atoms with E-state index in [0.717, 1.165) is 13.2 Å². The van der Waals surface area contributed by atoms with Crippen molar-refractivity contribution >= 4 is 57.6 Å². The Kier molecular flexibility index (Phi) is 10.1. The number of hydrogen-bond donors (Lipinski definition) is 0. The van der Waals surface area contributed by atoms with Gasteiger partial charge in [-0.15, -0.1) is 0 Å². The molecule has 0 saturated carbocycles. The second kappa shape index (κ2) is 13.3. The zero-order valence-electron chi connectivity index (χ0n) is 18.9. The number of halogens is 6. The molecule has 0 N–H and O–H groups in total. The molecule has 5 heterocycles. The van der Waals surface area contributed by atoms with Gasteiger partial charge in [0.2, 0.25) is 0 Å². The Hall–Kier alpha value is -3.35. The lowest BCUT2D eigenvalue weighted by atomic mass is 10.2. The van der Waals surface area contributed by atoms with E-state index in [1.54, 1.807) is 12.1 Å². The van der Waals surface area contributed by atoms with Gasteiger partial charge in [0.05, 0.1) is 11.0 Å². The molecule has 5 rings (SSSR count). The number of carbonyl (C=O) groups excluding carboxylic acids is 1. The Morgan fingerprint density at radius 2 is 1.27 bits per heavy atom. The minimum atomic E-state index is -2.82. The maximum atomic E-state index is 12.4. The molecule has 194 valence electrons. The average molecular weight is 557 g/mol. The summed E-state index contributed by atoms with van der Waals surface area (Å²) >= 11 is 11.4. The van der Waals surface area contributed by atoms with Gasteiger partial charge in [-0.3, -0.25) is 14.8 Å². The molecule has 0 aromatic carbocycles. The first-order chi connectivity index (χ1) is 17.7. The van der Waals surface area contributed by atoms with E-state index in [2.05, 4.69) is 36.5 Å². The fourth-order valence-corrected chi connectivity index (χ4v) is 3.38. The van der Waals surface area contributed by atoms with Crippen LogP contribution in [0.2, 0.25) is 10.3 Å². The van der Waals surface area contributed by atoms with Crippen molar-refractivity contribution in [3.8, 4) is 0 Å². The van der Waals surface area contributed by atoms with E-state index in [-0.39, 0.29) is 32.4 Å². The van der Waals surface area contributed by atoms with E-state index < -0.39 is 24.5 Å². The number of fused-ring (bicyclic) bond motifs is 2. The van der Waals surface area contributed by atoms with E-state index in [9.17, 15) is 22.4 Å². The molecule has 0 bridgehead atoms. The van der Waals surface area contributed by atoms with Gasteiger partial charge < -0.3 is 4.74 Å². The van der Waals surface area contributed by atoms with Crippen molar-refractivity contribution < 1.29 is 27.1 Å². The van der Waals surface area contributed by atoms with Gasteiger partial charge in [0, 0.05) is 31.2 Å². The first-order valence-electron chi connectivity index (χ1n) is 10.6. The van der Waals surface area contributed by atoms with Gasteiger partial charge >= 0.3 is 0 Å². The lowest BCUT2D eigenvalue weighted by Crippen LogP contribution is -1.98. The predicted octanol–water partition coefficient (Wildman–Crippen LogP) is 6.48. The number of alkyl halides is 4. The quantitative estimate of drug-likeness (QED) is 0.160. The first kappa shape index (κ1) is 28.2. The molecule has 8 nitrogen and oxygen atoms in total. The van der Waals surface area contributed by atoms with Crippen LogP contribution in [-0.4, -0.2) is 49.4 Å². The van der Waals surface area contributed by atoms with Gasteiger partial charge in [-0.25, -0.2) is 37.5 Å². The van der Waals surface area contributed by atoms with Crippen molar-refractivity contribution in [3.05, 3.63) is 64.2 Å². The zero-order chi connectivity index (χ0) is 26.9. The second-order valence-corrected chi connectivity index (χ2v) is 7.98. The van der Waals surface area contributed by atoms with Crippen molar-refractivity contribution in [1.82, 2.24) is 29.9 Å². The SMILES string of the molecule is C1CCOC1.C=Cc1cnc2c(Cl)nc(C(F)F)nc2c1.O=Cc1cnc2c(Cl)nc(C(F)F)nc2c1. The lowest BCUT2D eigenvalue weighted by molar-refractivity contribution is 0.112. The highest BCUT2D eigenvalue weighted by Gasteiger charge is 2.16. The number of hydrogen-bond acceptors (Lipinski definition) is 8.